The van der Waals surface area contributed by atoms with E-state index in [-0.39, 0.29) is 31.5 Å². The Kier molecular flexibility index (Phi) is 8.15. The van der Waals surface area contributed by atoms with Gasteiger partial charge in [-0.25, -0.2) is 9.59 Å². The van der Waals surface area contributed by atoms with Gasteiger partial charge in [-0.3, -0.25) is 0 Å². The average Bonchev–Trinajstić information content (AvgIpc) is 2.69. The summed E-state index contributed by atoms with van der Waals surface area (Å²) < 4.78 is 79.4. The molecule has 1 saturated heterocycles. The number of likely N-dealkylation sites (tertiary alicyclic amines) is 1. The largest absolute Gasteiger partial charge is 0.487 e. The number of hydrogen-bond acceptors (Lipinski definition) is 5. The van der Waals surface area contributed by atoms with Gasteiger partial charge < -0.3 is 24.2 Å². The molecular formula is C21H26F5NO6. The number of amides is 1. The number of ether oxygens (including phenoxy) is 3. The lowest BCUT2D eigenvalue weighted by Crippen LogP contribution is -2.44. The van der Waals surface area contributed by atoms with Crippen molar-refractivity contribution in [2.24, 2.45) is 0 Å². The normalized spacial score (nSPS) is 16.9. The summed E-state index contributed by atoms with van der Waals surface area (Å²) in [4.78, 5) is 25.4. The third-order valence-corrected chi connectivity index (χ3v) is 4.67. The summed E-state index contributed by atoms with van der Waals surface area (Å²) in [7, 11) is 0. The molecule has 1 fully saturated rings. The molecule has 0 saturated carbocycles. The number of aliphatic carboxylic acids is 1. The highest BCUT2D eigenvalue weighted by atomic mass is 19.4. The van der Waals surface area contributed by atoms with Gasteiger partial charge in [0.15, 0.2) is 12.7 Å². The van der Waals surface area contributed by atoms with Crippen LogP contribution in [0.1, 0.15) is 45.3 Å². The number of carboxylic acids is 1. The van der Waals surface area contributed by atoms with Crippen LogP contribution in [0.3, 0.4) is 0 Å². The van der Waals surface area contributed by atoms with Gasteiger partial charge in [0.1, 0.15) is 11.4 Å². The van der Waals surface area contributed by atoms with E-state index in [4.69, 9.17) is 9.47 Å². The fourth-order valence-electron chi connectivity index (χ4n) is 3.04. The van der Waals surface area contributed by atoms with Crippen molar-refractivity contribution < 1.29 is 50.9 Å². The van der Waals surface area contributed by atoms with Gasteiger partial charge >= 0.3 is 24.2 Å². The zero-order chi connectivity index (χ0) is 25.0. The zero-order valence-electron chi connectivity index (χ0n) is 18.3. The van der Waals surface area contributed by atoms with Gasteiger partial charge in [-0.2, -0.15) is 22.0 Å². The Balaban J connectivity index is 2.07. The van der Waals surface area contributed by atoms with Crippen molar-refractivity contribution in [1.29, 1.82) is 0 Å². The molecular weight excluding hydrogens is 457 g/mol. The molecule has 1 atom stereocenters. The number of para-hydroxylation sites is 1. The molecule has 0 radical (unpaired) electrons. The van der Waals surface area contributed by atoms with Crippen molar-refractivity contribution in [3.63, 3.8) is 0 Å². The molecule has 7 nitrogen and oxygen atoms in total. The maximum atomic E-state index is 13.2. The number of carboxylic acid groups (broad SMARTS) is 1. The van der Waals surface area contributed by atoms with E-state index in [2.05, 4.69) is 4.74 Å². The minimum Gasteiger partial charge on any atom is -0.487 e. The van der Waals surface area contributed by atoms with Crippen molar-refractivity contribution >= 4 is 12.1 Å². The molecule has 12 heteroatoms. The lowest BCUT2D eigenvalue weighted by molar-refractivity contribution is -0.290. The maximum Gasteiger partial charge on any atom is 0.456 e. The predicted octanol–water partition coefficient (Wildman–Crippen LogP) is 4.80. The number of benzene rings is 1. The van der Waals surface area contributed by atoms with Gasteiger partial charge in [-0.1, -0.05) is 18.2 Å². The molecule has 1 unspecified atom stereocenters. The SMILES string of the molecule is CC(C)(C)OC(=O)N1CCC(OC(C(=O)O)c2ccccc2OCC(F)(F)C(F)(F)F)CC1. The van der Waals surface area contributed by atoms with Gasteiger partial charge in [0.05, 0.1) is 6.10 Å². The van der Waals surface area contributed by atoms with E-state index in [0.717, 1.165) is 6.07 Å². The van der Waals surface area contributed by atoms with Gasteiger partial charge in [0.25, 0.3) is 0 Å². The van der Waals surface area contributed by atoms with Crippen LogP contribution in [-0.2, 0) is 14.3 Å². The van der Waals surface area contributed by atoms with E-state index in [0.29, 0.717) is 0 Å². The lowest BCUT2D eigenvalue weighted by Gasteiger charge is -2.34. The summed E-state index contributed by atoms with van der Waals surface area (Å²) in [6.07, 6.45) is -8.04. The Morgan fingerprint density at radius 2 is 1.67 bits per heavy atom. The number of nitrogens with zero attached hydrogens (tertiary/aromatic N) is 1. The van der Waals surface area contributed by atoms with Gasteiger partial charge in [0.2, 0.25) is 0 Å². The Morgan fingerprint density at radius 1 is 1.09 bits per heavy atom. The molecule has 1 heterocycles. The minimum atomic E-state index is -5.81. The molecule has 1 aromatic rings. The van der Waals surface area contributed by atoms with Gasteiger partial charge in [-0.05, 0) is 39.7 Å². The molecule has 0 aliphatic carbocycles. The minimum absolute atomic E-state index is 0.197. The van der Waals surface area contributed by atoms with Crippen LogP contribution in [0.25, 0.3) is 0 Å². The van der Waals surface area contributed by atoms with Crippen LogP contribution >= 0.6 is 0 Å². The maximum absolute atomic E-state index is 13.2. The summed E-state index contributed by atoms with van der Waals surface area (Å²) >= 11 is 0. The number of halogens is 5. The van der Waals surface area contributed by atoms with Crippen molar-refractivity contribution in [3.05, 3.63) is 29.8 Å². The number of piperidine rings is 1. The molecule has 0 bridgehead atoms. The molecule has 33 heavy (non-hydrogen) atoms. The Morgan fingerprint density at radius 3 is 2.18 bits per heavy atom. The molecule has 1 amide bonds. The van der Waals surface area contributed by atoms with Crippen molar-refractivity contribution in [2.45, 2.75) is 63.5 Å². The van der Waals surface area contributed by atoms with Crippen molar-refractivity contribution in [2.75, 3.05) is 19.7 Å². The van der Waals surface area contributed by atoms with Crippen LogP contribution in [0.5, 0.6) is 5.75 Å². The molecule has 1 aliphatic rings. The zero-order valence-corrected chi connectivity index (χ0v) is 18.3. The molecule has 0 spiro atoms. The summed E-state index contributed by atoms with van der Waals surface area (Å²) in [5.41, 5.74) is -0.872. The summed E-state index contributed by atoms with van der Waals surface area (Å²) in [5.74, 6) is -7.04. The molecule has 1 aromatic carbocycles. The monoisotopic (exact) mass is 483 g/mol. The number of carbonyl (C=O) groups is 2. The average molecular weight is 483 g/mol. The van der Waals surface area contributed by atoms with E-state index in [9.17, 15) is 36.6 Å². The van der Waals surface area contributed by atoms with Crippen LogP contribution in [0.15, 0.2) is 24.3 Å². The second-order valence-corrected chi connectivity index (χ2v) is 8.55. The van der Waals surface area contributed by atoms with E-state index in [1.165, 1.54) is 23.1 Å². The number of alkyl halides is 5. The first-order valence-electron chi connectivity index (χ1n) is 10.1. The van der Waals surface area contributed by atoms with Gasteiger partial charge in [-0.15, -0.1) is 0 Å². The van der Waals surface area contributed by atoms with Crippen molar-refractivity contribution in [3.8, 4) is 5.75 Å². The third-order valence-electron chi connectivity index (χ3n) is 4.67. The second kappa shape index (κ2) is 10.1. The van der Waals surface area contributed by atoms with E-state index < -0.39 is 54.3 Å². The topological polar surface area (TPSA) is 85.3 Å². The second-order valence-electron chi connectivity index (χ2n) is 8.55. The first-order valence-corrected chi connectivity index (χ1v) is 10.1. The molecule has 2 rings (SSSR count). The summed E-state index contributed by atoms with van der Waals surface area (Å²) in [6.45, 7) is 3.64. The fourth-order valence-corrected chi connectivity index (χ4v) is 3.04. The molecule has 0 aromatic heterocycles. The standard InChI is InChI=1S/C21H26F5NO6/c1-19(2,3)33-18(30)27-10-8-13(9-11-27)32-16(17(28)29)14-6-4-5-7-15(14)31-12-20(22,23)21(24,25)26/h4-7,13,16H,8-12H2,1-3H3,(H,28,29). The van der Waals surface area contributed by atoms with Crippen LogP contribution in [-0.4, -0.2) is 65.6 Å². The summed E-state index contributed by atoms with van der Waals surface area (Å²) in [5, 5.41) is 9.61. The Hall–Kier alpha value is -2.63. The molecule has 1 N–H and O–H groups in total. The van der Waals surface area contributed by atoms with E-state index >= 15 is 0 Å². The highest BCUT2D eigenvalue weighted by Gasteiger charge is 2.58. The number of rotatable bonds is 7. The van der Waals surface area contributed by atoms with E-state index in [1.807, 2.05) is 0 Å². The third kappa shape index (κ3) is 7.44. The lowest BCUT2D eigenvalue weighted by atomic mass is 10.1. The first-order chi connectivity index (χ1) is 15.1. The number of carbonyl (C=O) groups excluding carboxylic acids is 1. The van der Waals surface area contributed by atoms with Crippen LogP contribution in [0, 0.1) is 0 Å². The predicted molar refractivity (Wildman–Crippen MR) is 105 cm³/mol. The highest BCUT2D eigenvalue weighted by molar-refractivity contribution is 5.75. The number of hydrogen-bond donors (Lipinski definition) is 1. The Bertz CT molecular complexity index is 831. The van der Waals surface area contributed by atoms with Crippen LogP contribution in [0.4, 0.5) is 26.7 Å². The fraction of sp³-hybridized carbons (Fsp3) is 0.619. The van der Waals surface area contributed by atoms with Gasteiger partial charge in [0, 0.05) is 18.7 Å². The highest BCUT2D eigenvalue weighted by Crippen LogP contribution is 2.37. The van der Waals surface area contributed by atoms with Crippen LogP contribution < -0.4 is 4.74 Å². The molecule has 1 aliphatic heterocycles. The smallest absolute Gasteiger partial charge is 0.456 e. The van der Waals surface area contributed by atoms with Crippen molar-refractivity contribution in [1.82, 2.24) is 4.90 Å². The quantitative estimate of drug-likeness (QED) is 0.561. The van der Waals surface area contributed by atoms with E-state index in [1.54, 1.807) is 20.8 Å². The summed E-state index contributed by atoms with van der Waals surface area (Å²) in [6, 6.07) is 5.00. The van der Waals surface area contributed by atoms with Crippen LogP contribution in [0.2, 0.25) is 0 Å². The Labute approximate surface area is 187 Å². The first kappa shape index (κ1) is 26.6. The molecule has 186 valence electrons.